The molecule has 1 heterocycles. The van der Waals surface area contributed by atoms with Crippen molar-refractivity contribution in [3.63, 3.8) is 0 Å². The zero-order chi connectivity index (χ0) is 12.0. The number of likely N-dealkylation sites (tertiary alicyclic amines) is 1. The third kappa shape index (κ3) is 3.47. The Morgan fingerprint density at radius 2 is 2.25 bits per heavy atom. The van der Waals surface area contributed by atoms with Crippen LogP contribution in [0.1, 0.15) is 46.5 Å². The first-order valence-electron chi connectivity index (χ1n) is 6.55. The van der Waals surface area contributed by atoms with E-state index in [1.165, 1.54) is 25.8 Å². The number of nitrogens with zero attached hydrogens (tertiary/aromatic N) is 2. The first kappa shape index (κ1) is 13.5. The molecule has 1 saturated heterocycles. The van der Waals surface area contributed by atoms with Crippen LogP contribution < -0.4 is 5.32 Å². The summed E-state index contributed by atoms with van der Waals surface area (Å²) in [6, 6.07) is 3.15. The van der Waals surface area contributed by atoms with Crippen LogP contribution in [0.2, 0.25) is 0 Å². The lowest BCUT2D eigenvalue weighted by Crippen LogP contribution is -2.44. The third-order valence-electron chi connectivity index (χ3n) is 3.68. The van der Waals surface area contributed by atoms with Gasteiger partial charge >= 0.3 is 0 Å². The molecule has 0 radical (unpaired) electrons. The Morgan fingerprint density at radius 1 is 1.50 bits per heavy atom. The van der Waals surface area contributed by atoms with Gasteiger partial charge in [0.15, 0.2) is 0 Å². The maximum Gasteiger partial charge on any atom is 0.105 e. The molecule has 3 heteroatoms. The van der Waals surface area contributed by atoms with E-state index in [9.17, 15) is 5.26 Å². The van der Waals surface area contributed by atoms with E-state index in [4.69, 9.17) is 0 Å². The molecule has 1 fully saturated rings. The van der Waals surface area contributed by atoms with Crippen LogP contribution in [0.4, 0.5) is 0 Å². The third-order valence-corrected chi connectivity index (χ3v) is 3.68. The second-order valence-electron chi connectivity index (χ2n) is 4.96. The highest BCUT2D eigenvalue weighted by Crippen LogP contribution is 2.21. The van der Waals surface area contributed by atoms with Crippen LogP contribution in [0.5, 0.6) is 0 Å². The Hall–Kier alpha value is -0.590. The first-order valence-corrected chi connectivity index (χ1v) is 6.55. The highest BCUT2D eigenvalue weighted by molar-refractivity contribution is 5.04. The smallest absolute Gasteiger partial charge is 0.105 e. The summed E-state index contributed by atoms with van der Waals surface area (Å²) in [4.78, 5) is 2.55. The van der Waals surface area contributed by atoms with E-state index >= 15 is 0 Å². The van der Waals surface area contributed by atoms with E-state index in [1.807, 2.05) is 6.92 Å². The molecule has 0 aromatic heterocycles. The summed E-state index contributed by atoms with van der Waals surface area (Å²) in [5.74, 6) is 0. The summed E-state index contributed by atoms with van der Waals surface area (Å²) in [6.45, 7) is 9.45. The Bertz CT molecular complexity index is 246. The van der Waals surface area contributed by atoms with E-state index in [0.717, 1.165) is 25.6 Å². The number of nitriles is 1. The van der Waals surface area contributed by atoms with Crippen molar-refractivity contribution in [1.82, 2.24) is 10.2 Å². The van der Waals surface area contributed by atoms with Gasteiger partial charge in [-0.2, -0.15) is 5.26 Å². The van der Waals surface area contributed by atoms with Crippen LogP contribution in [0, 0.1) is 11.3 Å². The van der Waals surface area contributed by atoms with Crippen LogP contribution in [-0.4, -0.2) is 36.1 Å². The number of nitrogens with one attached hydrogen (secondary N) is 1. The van der Waals surface area contributed by atoms with Gasteiger partial charge in [-0.05, 0) is 45.7 Å². The monoisotopic (exact) mass is 223 g/mol. The Balaban J connectivity index is 2.40. The minimum absolute atomic E-state index is 0.352. The van der Waals surface area contributed by atoms with Gasteiger partial charge < -0.3 is 4.90 Å². The molecule has 2 unspecified atom stereocenters. The van der Waals surface area contributed by atoms with Crippen LogP contribution in [0.3, 0.4) is 0 Å². The van der Waals surface area contributed by atoms with Crippen molar-refractivity contribution < 1.29 is 0 Å². The number of hydrogen-bond acceptors (Lipinski definition) is 3. The normalized spacial score (nSPS) is 25.2. The topological polar surface area (TPSA) is 39.1 Å². The SMILES string of the molecule is CCNC(C)(C#N)CCN1CCCC1CC. The van der Waals surface area contributed by atoms with E-state index in [1.54, 1.807) is 0 Å². The van der Waals surface area contributed by atoms with Crippen LogP contribution in [0.15, 0.2) is 0 Å². The molecule has 1 aliphatic heterocycles. The highest BCUT2D eigenvalue weighted by Gasteiger charge is 2.27. The second kappa shape index (κ2) is 6.22. The average Bonchev–Trinajstić information content (AvgIpc) is 2.74. The van der Waals surface area contributed by atoms with Crippen LogP contribution in [0.25, 0.3) is 0 Å². The van der Waals surface area contributed by atoms with Gasteiger partial charge in [0.2, 0.25) is 0 Å². The summed E-state index contributed by atoms with van der Waals surface area (Å²) >= 11 is 0. The molecule has 0 bridgehead atoms. The number of hydrogen-bond donors (Lipinski definition) is 1. The van der Waals surface area contributed by atoms with Gasteiger partial charge in [0.1, 0.15) is 5.54 Å². The van der Waals surface area contributed by atoms with Crippen molar-refractivity contribution in [2.45, 2.75) is 58.0 Å². The van der Waals surface area contributed by atoms with Crippen molar-refractivity contribution in [2.75, 3.05) is 19.6 Å². The van der Waals surface area contributed by atoms with E-state index in [0.29, 0.717) is 0 Å². The molecular formula is C13H25N3. The Kier molecular flexibility index (Phi) is 5.24. The molecule has 1 rings (SSSR count). The van der Waals surface area contributed by atoms with Gasteiger partial charge in [0.05, 0.1) is 6.07 Å². The molecule has 16 heavy (non-hydrogen) atoms. The van der Waals surface area contributed by atoms with E-state index in [-0.39, 0.29) is 5.54 Å². The fraction of sp³-hybridized carbons (Fsp3) is 0.923. The molecule has 3 nitrogen and oxygen atoms in total. The van der Waals surface area contributed by atoms with Gasteiger partial charge in [0.25, 0.3) is 0 Å². The van der Waals surface area contributed by atoms with Gasteiger partial charge in [-0.3, -0.25) is 5.32 Å². The largest absolute Gasteiger partial charge is 0.300 e. The lowest BCUT2D eigenvalue weighted by atomic mass is 9.99. The lowest BCUT2D eigenvalue weighted by Gasteiger charge is -2.28. The van der Waals surface area contributed by atoms with Crippen molar-refractivity contribution in [1.29, 1.82) is 5.26 Å². The Morgan fingerprint density at radius 3 is 2.81 bits per heavy atom. The minimum atomic E-state index is -0.352. The molecular weight excluding hydrogens is 198 g/mol. The van der Waals surface area contributed by atoms with Crippen molar-refractivity contribution >= 4 is 0 Å². The molecule has 0 aliphatic carbocycles. The average molecular weight is 223 g/mol. The predicted molar refractivity (Wildman–Crippen MR) is 67.2 cm³/mol. The molecule has 2 atom stereocenters. The van der Waals surface area contributed by atoms with Crippen molar-refractivity contribution in [3.05, 3.63) is 0 Å². The summed E-state index contributed by atoms with van der Waals surface area (Å²) in [5, 5.41) is 12.5. The van der Waals surface area contributed by atoms with Crippen molar-refractivity contribution in [3.8, 4) is 6.07 Å². The summed E-state index contributed by atoms with van der Waals surface area (Å²) in [6.07, 6.45) is 4.82. The molecule has 92 valence electrons. The van der Waals surface area contributed by atoms with Crippen LogP contribution >= 0.6 is 0 Å². The van der Waals surface area contributed by atoms with Gasteiger partial charge in [-0.25, -0.2) is 0 Å². The Labute approximate surface area is 99.8 Å². The van der Waals surface area contributed by atoms with E-state index < -0.39 is 0 Å². The zero-order valence-electron chi connectivity index (χ0n) is 10.9. The van der Waals surface area contributed by atoms with Gasteiger partial charge in [-0.15, -0.1) is 0 Å². The van der Waals surface area contributed by atoms with E-state index in [2.05, 4.69) is 30.1 Å². The maximum atomic E-state index is 9.18. The summed E-state index contributed by atoms with van der Waals surface area (Å²) in [7, 11) is 0. The second-order valence-corrected chi connectivity index (χ2v) is 4.96. The predicted octanol–water partition coefficient (Wildman–Crippen LogP) is 2.14. The molecule has 0 aromatic rings. The standard InChI is InChI=1S/C13H25N3/c1-4-12-7-6-9-16(12)10-8-13(3,11-14)15-5-2/h12,15H,4-10H2,1-3H3. The molecule has 0 saturated carbocycles. The maximum absolute atomic E-state index is 9.18. The molecule has 0 spiro atoms. The highest BCUT2D eigenvalue weighted by atomic mass is 15.2. The number of rotatable bonds is 6. The fourth-order valence-electron chi connectivity index (χ4n) is 2.59. The van der Waals surface area contributed by atoms with Crippen LogP contribution in [-0.2, 0) is 0 Å². The quantitative estimate of drug-likeness (QED) is 0.750. The fourth-order valence-corrected chi connectivity index (χ4v) is 2.59. The molecule has 0 aromatic carbocycles. The molecule has 1 aliphatic rings. The lowest BCUT2D eigenvalue weighted by molar-refractivity contribution is 0.225. The molecule has 0 amide bonds. The summed E-state index contributed by atoms with van der Waals surface area (Å²) < 4.78 is 0. The van der Waals surface area contributed by atoms with Gasteiger partial charge in [0, 0.05) is 12.6 Å². The minimum Gasteiger partial charge on any atom is -0.300 e. The zero-order valence-corrected chi connectivity index (χ0v) is 10.9. The van der Waals surface area contributed by atoms with Crippen molar-refractivity contribution in [2.24, 2.45) is 0 Å². The summed E-state index contributed by atoms with van der Waals surface area (Å²) in [5.41, 5.74) is -0.352. The van der Waals surface area contributed by atoms with Gasteiger partial charge in [-0.1, -0.05) is 13.8 Å². The first-order chi connectivity index (χ1) is 7.65. The molecule has 1 N–H and O–H groups in total.